The summed E-state index contributed by atoms with van der Waals surface area (Å²) >= 11 is 1.54. The SMILES string of the molecule is CCOC(=O)CCNC(=O)c1csc2ccccc12. The van der Waals surface area contributed by atoms with Gasteiger partial charge in [-0.1, -0.05) is 18.2 Å². The van der Waals surface area contributed by atoms with E-state index in [0.717, 1.165) is 10.1 Å². The number of nitrogens with one attached hydrogen (secondary N) is 1. The van der Waals surface area contributed by atoms with Gasteiger partial charge in [-0.3, -0.25) is 9.59 Å². The predicted molar refractivity (Wildman–Crippen MR) is 75.4 cm³/mol. The molecule has 1 amide bonds. The second-order valence-electron chi connectivity index (χ2n) is 3.96. The molecular formula is C14H15NO3S. The average molecular weight is 277 g/mol. The number of carbonyl (C=O) groups excluding carboxylic acids is 2. The summed E-state index contributed by atoms with van der Waals surface area (Å²) in [5.41, 5.74) is 0.657. The maximum Gasteiger partial charge on any atom is 0.307 e. The molecule has 0 aliphatic rings. The van der Waals surface area contributed by atoms with E-state index in [1.807, 2.05) is 29.6 Å². The number of hydrogen-bond donors (Lipinski definition) is 1. The van der Waals surface area contributed by atoms with Crippen molar-refractivity contribution in [3.8, 4) is 0 Å². The molecule has 1 heterocycles. The van der Waals surface area contributed by atoms with Gasteiger partial charge in [0.1, 0.15) is 0 Å². The zero-order chi connectivity index (χ0) is 13.7. The maximum absolute atomic E-state index is 12.0. The first kappa shape index (κ1) is 13.5. The highest BCUT2D eigenvalue weighted by molar-refractivity contribution is 7.17. The molecule has 2 rings (SSSR count). The van der Waals surface area contributed by atoms with Crippen molar-refractivity contribution in [1.82, 2.24) is 5.32 Å². The van der Waals surface area contributed by atoms with Crippen molar-refractivity contribution in [2.75, 3.05) is 13.2 Å². The van der Waals surface area contributed by atoms with Gasteiger partial charge in [0, 0.05) is 22.0 Å². The van der Waals surface area contributed by atoms with E-state index in [4.69, 9.17) is 4.74 Å². The number of esters is 1. The number of benzene rings is 1. The van der Waals surface area contributed by atoms with Gasteiger partial charge < -0.3 is 10.1 Å². The van der Waals surface area contributed by atoms with E-state index in [1.54, 1.807) is 6.92 Å². The van der Waals surface area contributed by atoms with Gasteiger partial charge in [-0.15, -0.1) is 11.3 Å². The molecule has 1 aromatic carbocycles. The number of rotatable bonds is 5. The monoisotopic (exact) mass is 277 g/mol. The third kappa shape index (κ3) is 3.32. The Morgan fingerprint density at radius 2 is 2.11 bits per heavy atom. The van der Waals surface area contributed by atoms with Crippen LogP contribution >= 0.6 is 11.3 Å². The van der Waals surface area contributed by atoms with Crippen molar-refractivity contribution in [2.45, 2.75) is 13.3 Å². The highest BCUT2D eigenvalue weighted by Gasteiger charge is 2.11. The minimum atomic E-state index is -0.294. The molecule has 0 saturated carbocycles. The Morgan fingerprint density at radius 1 is 1.32 bits per heavy atom. The van der Waals surface area contributed by atoms with Crippen LogP contribution in [-0.2, 0) is 9.53 Å². The summed E-state index contributed by atoms with van der Waals surface area (Å²) in [5, 5.41) is 5.52. The maximum atomic E-state index is 12.0. The summed E-state index contributed by atoms with van der Waals surface area (Å²) in [6.07, 6.45) is 0.196. The van der Waals surface area contributed by atoms with Crippen LogP contribution in [0.3, 0.4) is 0 Å². The zero-order valence-corrected chi connectivity index (χ0v) is 11.5. The van der Waals surface area contributed by atoms with E-state index in [9.17, 15) is 9.59 Å². The first-order valence-corrected chi connectivity index (χ1v) is 7.00. The Labute approximate surface area is 115 Å². The highest BCUT2D eigenvalue weighted by atomic mass is 32.1. The largest absolute Gasteiger partial charge is 0.466 e. The molecule has 5 heteroatoms. The highest BCUT2D eigenvalue weighted by Crippen LogP contribution is 2.25. The van der Waals surface area contributed by atoms with E-state index in [1.165, 1.54) is 11.3 Å². The number of carbonyl (C=O) groups is 2. The molecule has 1 aromatic heterocycles. The summed E-state index contributed by atoms with van der Waals surface area (Å²) in [7, 11) is 0. The van der Waals surface area contributed by atoms with Gasteiger partial charge in [0.05, 0.1) is 18.6 Å². The predicted octanol–water partition coefficient (Wildman–Crippen LogP) is 2.58. The quantitative estimate of drug-likeness (QED) is 0.855. The molecule has 0 spiro atoms. The second-order valence-corrected chi connectivity index (χ2v) is 4.87. The third-order valence-corrected chi connectivity index (χ3v) is 3.61. The fourth-order valence-electron chi connectivity index (χ4n) is 1.76. The van der Waals surface area contributed by atoms with E-state index in [-0.39, 0.29) is 18.3 Å². The lowest BCUT2D eigenvalue weighted by atomic mass is 10.1. The summed E-state index contributed by atoms with van der Waals surface area (Å²) in [4.78, 5) is 23.2. The lowest BCUT2D eigenvalue weighted by Crippen LogP contribution is -2.26. The fourth-order valence-corrected chi connectivity index (χ4v) is 2.70. The molecule has 0 aliphatic heterocycles. The van der Waals surface area contributed by atoms with Crippen LogP contribution in [0.5, 0.6) is 0 Å². The first-order chi connectivity index (χ1) is 9.22. The number of ether oxygens (including phenoxy) is 1. The van der Waals surface area contributed by atoms with E-state index in [2.05, 4.69) is 5.32 Å². The molecule has 4 nitrogen and oxygen atoms in total. The van der Waals surface area contributed by atoms with Crippen LogP contribution in [-0.4, -0.2) is 25.0 Å². The Morgan fingerprint density at radius 3 is 2.89 bits per heavy atom. The van der Waals surface area contributed by atoms with E-state index >= 15 is 0 Å². The van der Waals surface area contributed by atoms with Gasteiger partial charge in [-0.25, -0.2) is 0 Å². The fraction of sp³-hybridized carbons (Fsp3) is 0.286. The van der Waals surface area contributed by atoms with Crippen molar-refractivity contribution in [3.05, 3.63) is 35.2 Å². The lowest BCUT2D eigenvalue weighted by Gasteiger charge is -2.04. The van der Waals surface area contributed by atoms with Crippen LogP contribution in [0.4, 0.5) is 0 Å². The Hall–Kier alpha value is -1.88. The third-order valence-electron chi connectivity index (χ3n) is 2.65. The van der Waals surface area contributed by atoms with Crippen molar-refractivity contribution >= 4 is 33.3 Å². The Balaban J connectivity index is 1.95. The second kappa shape index (κ2) is 6.33. The van der Waals surface area contributed by atoms with E-state index in [0.29, 0.717) is 18.7 Å². The molecule has 0 aliphatic carbocycles. The molecule has 0 unspecified atom stereocenters. The lowest BCUT2D eigenvalue weighted by molar-refractivity contribution is -0.142. The molecule has 2 aromatic rings. The molecule has 0 fully saturated rings. The molecule has 0 radical (unpaired) electrons. The van der Waals surface area contributed by atoms with Crippen LogP contribution in [0.15, 0.2) is 29.6 Å². The van der Waals surface area contributed by atoms with Gasteiger partial charge in [0.2, 0.25) is 0 Å². The molecular weight excluding hydrogens is 262 g/mol. The molecule has 1 N–H and O–H groups in total. The number of amides is 1. The summed E-state index contributed by atoms with van der Waals surface area (Å²) in [6.45, 7) is 2.41. The number of hydrogen-bond acceptors (Lipinski definition) is 4. The van der Waals surface area contributed by atoms with Crippen molar-refractivity contribution in [1.29, 1.82) is 0 Å². The number of thiophene rings is 1. The van der Waals surface area contributed by atoms with Gasteiger partial charge in [-0.2, -0.15) is 0 Å². The van der Waals surface area contributed by atoms with Gasteiger partial charge in [-0.05, 0) is 13.0 Å². The van der Waals surface area contributed by atoms with Gasteiger partial charge in [0.15, 0.2) is 0 Å². The number of fused-ring (bicyclic) bond motifs is 1. The van der Waals surface area contributed by atoms with Crippen LogP contribution in [0.1, 0.15) is 23.7 Å². The average Bonchev–Trinajstić information content (AvgIpc) is 2.82. The topological polar surface area (TPSA) is 55.4 Å². The first-order valence-electron chi connectivity index (χ1n) is 6.12. The van der Waals surface area contributed by atoms with Gasteiger partial charge in [0.25, 0.3) is 5.91 Å². The molecule has 0 saturated heterocycles. The van der Waals surface area contributed by atoms with Gasteiger partial charge >= 0.3 is 5.97 Å². The standard InChI is InChI=1S/C14H15NO3S/c1-2-18-13(16)7-8-15-14(17)11-9-19-12-6-4-3-5-10(11)12/h3-6,9H,2,7-8H2,1H3,(H,15,17). The summed E-state index contributed by atoms with van der Waals surface area (Å²) in [6, 6.07) is 7.76. The van der Waals surface area contributed by atoms with Crippen LogP contribution < -0.4 is 5.32 Å². The van der Waals surface area contributed by atoms with Crippen molar-refractivity contribution in [2.24, 2.45) is 0 Å². The van der Waals surface area contributed by atoms with Crippen molar-refractivity contribution < 1.29 is 14.3 Å². The van der Waals surface area contributed by atoms with Crippen LogP contribution in [0, 0.1) is 0 Å². The van der Waals surface area contributed by atoms with E-state index < -0.39 is 0 Å². The normalized spacial score (nSPS) is 10.4. The zero-order valence-electron chi connectivity index (χ0n) is 10.6. The molecule has 0 bridgehead atoms. The van der Waals surface area contributed by atoms with Crippen LogP contribution in [0.25, 0.3) is 10.1 Å². The minimum absolute atomic E-state index is 0.151. The van der Waals surface area contributed by atoms with Crippen LogP contribution in [0.2, 0.25) is 0 Å². The Bertz CT molecular complexity index is 591. The minimum Gasteiger partial charge on any atom is -0.466 e. The summed E-state index contributed by atoms with van der Waals surface area (Å²) in [5.74, 6) is -0.445. The molecule has 0 atom stereocenters. The Kier molecular flexibility index (Phi) is 4.52. The molecule has 19 heavy (non-hydrogen) atoms. The van der Waals surface area contributed by atoms with Crippen molar-refractivity contribution in [3.63, 3.8) is 0 Å². The molecule has 100 valence electrons. The summed E-state index contributed by atoms with van der Waals surface area (Å²) < 4.78 is 5.88. The smallest absolute Gasteiger partial charge is 0.307 e.